The zero-order valence-corrected chi connectivity index (χ0v) is 10.4. The Balaban J connectivity index is 2.12. The molecule has 4 nitrogen and oxygen atoms in total. The zero-order valence-electron chi connectivity index (χ0n) is 10.4. The Labute approximate surface area is 102 Å². The van der Waals surface area contributed by atoms with Crippen molar-refractivity contribution >= 4 is 11.9 Å². The van der Waals surface area contributed by atoms with Crippen LogP contribution in [0.3, 0.4) is 0 Å². The highest BCUT2D eigenvalue weighted by atomic mass is 16.4. The van der Waals surface area contributed by atoms with Gasteiger partial charge in [-0.25, -0.2) is 0 Å². The van der Waals surface area contributed by atoms with Crippen molar-refractivity contribution in [1.82, 2.24) is 4.90 Å². The fraction of sp³-hybridized carbons (Fsp3) is 0.846. The number of rotatable bonds is 4. The first-order chi connectivity index (χ1) is 8.05. The van der Waals surface area contributed by atoms with Gasteiger partial charge in [0.2, 0.25) is 5.91 Å². The molecule has 0 aromatic heterocycles. The Morgan fingerprint density at radius 2 is 1.82 bits per heavy atom. The molecule has 0 saturated heterocycles. The second kappa shape index (κ2) is 4.67. The molecular weight excluding hydrogens is 218 g/mol. The molecule has 0 atom stereocenters. The van der Waals surface area contributed by atoms with E-state index in [9.17, 15) is 9.59 Å². The van der Waals surface area contributed by atoms with Crippen molar-refractivity contribution in [3.05, 3.63) is 0 Å². The SMILES string of the molecule is CN(C(=O)C1CC1)C1(CC(=O)O)CCCCC1. The van der Waals surface area contributed by atoms with Crippen LogP contribution < -0.4 is 0 Å². The first kappa shape index (κ1) is 12.4. The minimum Gasteiger partial charge on any atom is -0.481 e. The molecule has 2 rings (SSSR count). The van der Waals surface area contributed by atoms with Crippen molar-refractivity contribution in [3.63, 3.8) is 0 Å². The van der Waals surface area contributed by atoms with E-state index in [2.05, 4.69) is 0 Å². The number of carbonyl (C=O) groups is 2. The molecule has 2 fully saturated rings. The Hall–Kier alpha value is -1.06. The van der Waals surface area contributed by atoms with Crippen LogP contribution in [0, 0.1) is 5.92 Å². The summed E-state index contributed by atoms with van der Waals surface area (Å²) >= 11 is 0. The predicted octanol–water partition coefficient (Wildman–Crippen LogP) is 2.03. The molecule has 4 heteroatoms. The summed E-state index contributed by atoms with van der Waals surface area (Å²) in [6.07, 6.45) is 6.97. The van der Waals surface area contributed by atoms with Gasteiger partial charge >= 0.3 is 5.97 Å². The highest BCUT2D eigenvalue weighted by Gasteiger charge is 2.44. The molecule has 0 bridgehead atoms. The third kappa shape index (κ3) is 2.61. The van der Waals surface area contributed by atoms with Gasteiger partial charge in [0, 0.05) is 13.0 Å². The molecule has 0 spiro atoms. The van der Waals surface area contributed by atoms with Gasteiger partial charge in [0.05, 0.1) is 12.0 Å². The number of carboxylic acids is 1. The summed E-state index contributed by atoms with van der Waals surface area (Å²) in [7, 11) is 1.80. The number of nitrogens with zero attached hydrogens (tertiary/aromatic N) is 1. The molecule has 0 aromatic rings. The van der Waals surface area contributed by atoms with Crippen molar-refractivity contribution < 1.29 is 14.7 Å². The van der Waals surface area contributed by atoms with Crippen LogP contribution in [0.1, 0.15) is 51.4 Å². The van der Waals surface area contributed by atoms with Gasteiger partial charge in [0.25, 0.3) is 0 Å². The van der Waals surface area contributed by atoms with E-state index in [0.29, 0.717) is 0 Å². The van der Waals surface area contributed by atoms with Gasteiger partial charge in [-0.15, -0.1) is 0 Å². The van der Waals surface area contributed by atoms with Crippen LogP contribution in [-0.2, 0) is 9.59 Å². The van der Waals surface area contributed by atoms with Crippen LogP contribution in [0.2, 0.25) is 0 Å². The van der Waals surface area contributed by atoms with Gasteiger partial charge in [-0.1, -0.05) is 19.3 Å². The highest BCUT2D eigenvalue weighted by molar-refractivity contribution is 5.82. The zero-order chi connectivity index (χ0) is 12.5. The fourth-order valence-electron chi connectivity index (χ4n) is 2.96. The third-order valence-electron chi connectivity index (χ3n) is 4.23. The number of carboxylic acid groups (broad SMARTS) is 1. The maximum atomic E-state index is 12.1. The largest absolute Gasteiger partial charge is 0.481 e. The standard InChI is InChI=1S/C13H21NO3/c1-14(12(17)10-5-6-10)13(9-11(15)16)7-3-2-4-8-13/h10H,2-9H2,1H3,(H,15,16). The number of hydrogen-bond donors (Lipinski definition) is 1. The molecule has 2 aliphatic carbocycles. The number of amides is 1. The summed E-state index contributed by atoms with van der Waals surface area (Å²) in [6, 6.07) is 0. The lowest BCUT2D eigenvalue weighted by molar-refractivity contribution is -0.146. The summed E-state index contributed by atoms with van der Waals surface area (Å²) < 4.78 is 0. The van der Waals surface area contributed by atoms with Gasteiger partial charge in [-0.05, 0) is 25.7 Å². The van der Waals surface area contributed by atoms with Crippen LogP contribution in [0.4, 0.5) is 0 Å². The molecule has 17 heavy (non-hydrogen) atoms. The Morgan fingerprint density at radius 3 is 2.29 bits per heavy atom. The van der Waals surface area contributed by atoms with Crippen LogP contribution in [0.25, 0.3) is 0 Å². The van der Waals surface area contributed by atoms with Gasteiger partial charge in [0.15, 0.2) is 0 Å². The van der Waals surface area contributed by atoms with E-state index >= 15 is 0 Å². The molecule has 0 unspecified atom stereocenters. The lowest BCUT2D eigenvalue weighted by Gasteiger charge is -2.44. The van der Waals surface area contributed by atoms with E-state index in [1.165, 1.54) is 0 Å². The number of hydrogen-bond acceptors (Lipinski definition) is 2. The topological polar surface area (TPSA) is 57.6 Å². The quantitative estimate of drug-likeness (QED) is 0.816. The summed E-state index contributed by atoms with van der Waals surface area (Å²) in [5, 5.41) is 9.08. The summed E-state index contributed by atoms with van der Waals surface area (Å²) in [6.45, 7) is 0. The van der Waals surface area contributed by atoms with Crippen LogP contribution in [0.15, 0.2) is 0 Å². The van der Waals surface area contributed by atoms with Gasteiger partial charge in [-0.3, -0.25) is 9.59 Å². The molecule has 0 heterocycles. The monoisotopic (exact) mass is 239 g/mol. The van der Waals surface area contributed by atoms with Crippen molar-refractivity contribution in [2.24, 2.45) is 5.92 Å². The molecule has 0 aliphatic heterocycles. The van der Waals surface area contributed by atoms with Crippen molar-refractivity contribution in [2.75, 3.05) is 7.05 Å². The minimum atomic E-state index is -0.789. The second-order valence-corrected chi connectivity index (χ2v) is 5.53. The lowest BCUT2D eigenvalue weighted by atomic mass is 9.78. The first-order valence-electron chi connectivity index (χ1n) is 6.55. The van der Waals surface area contributed by atoms with Crippen LogP contribution >= 0.6 is 0 Å². The number of carbonyl (C=O) groups excluding carboxylic acids is 1. The van der Waals surface area contributed by atoms with E-state index in [1.54, 1.807) is 11.9 Å². The van der Waals surface area contributed by atoms with Crippen LogP contribution in [0.5, 0.6) is 0 Å². The third-order valence-corrected chi connectivity index (χ3v) is 4.23. The maximum Gasteiger partial charge on any atom is 0.305 e. The summed E-state index contributed by atoms with van der Waals surface area (Å²) in [5.74, 6) is -0.455. The van der Waals surface area contributed by atoms with E-state index < -0.39 is 11.5 Å². The van der Waals surface area contributed by atoms with Crippen LogP contribution in [-0.4, -0.2) is 34.5 Å². The molecule has 1 N–H and O–H groups in total. The smallest absolute Gasteiger partial charge is 0.305 e. The Morgan fingerprint density at radius 1 is 1.24 bits per heavy atom. The minimum absolute atomic E-state index is 0.0992. The predicted molar refractivity (Wildman–Crippen MR) is 63.6 cm³/mol. The van der Waals surface area contributed by atoms with E-state index in [1.807, 2.05) is 0 Å². The molecule has 0 aromatic carbocycles. The van der Waals surface area contributed by atoms with Gasteiger partial charge in [0.1, 0.15) is 0 Å². The molecule has 0 radical (unpaired) electrons. The average Bonchev–Trinajstić information content (AvgIpc) is 3.11. The normalized spacial score (nSPS) is 23.1. The maximum absolute atomic E-state index is 12.1. The fourth-order valence-corrected chi connectivity index (χ4v) is 2.96. The summed E-state index contributed by atoms with van der Waals surface area (Å²) in [4.78, 5) is 24.9. The molecule has 96 valence electrons. The van der Waals surface area contributed by atoms with Crippen molar-refractivity contribution in [1.29, 1.82) is 0 Å². The van der Waals surface area contributed by atoms with Crippen molar-refractivity contribution in [2.45, 2.75) is 56.9 Å². The van der Waals surface area contributed by atoms with Gasteiger partial charge in [-0.2, -0.15) is 0 Å². The molecular formula is C13H21NO3. The van der Waals surface area contributed by atoms with Crippen molar-refractivity contribution in [3.8, 4) is 0 Å². The second-order valence-electron chi connectivity index (χ2n) is 5.53. The van der Waals surface area contributed by atoms with E-state index in [4.69, 9.17) is 5.11 Å². The average molecular weight is 239 g/mol. The highest BCUT2D eigenvalue weighted by Crippen LogP contribution is 2.39. The first-order valence-corrected chi connectivity index (χ1v) is 6.55. The Bertz CT molecular complexity index is 317. The number of aliphatic carboxylic acids is 1. The molecule has 2 saturated carbocycles. The molecule has 1 amide bonds. The lowest BCUT2D eigenvalue weighted by Crippen LogP contribution is -2.52. The Kier molecular flexibility index (Phi) is 3.40. The van der Waals surface area contributed by atoms with Gasteiger partial charge < -0.3 is 10.0 Å². The summed E-state index contributed by atoms with van der Waals surface area (Å²) in [5.41, 5.74) is -0.413. The van der Waals surface area contributed by atoms with E-state index in [-0.39, 0.29) is 18.2 Å². The molecule has 2 aliphatic rings. The van der Waals surface area contributed by atoms with E-state index in [0.717, 1.165) is 44.9 Å².